The van der Waals surface area contributed by atoms with Crippen LogP contribution in [0.4, 0.5) is 0 Å². The third-order valence-electron chi connectivity index (χ3n) is 2.73. The number of carboxylic acid groups (broad SMARTS) is 1. The van der Waals surface area contributed by atoms with Gasteiger partial charge in [0.2, 0.25) is 0 Å². The lowest BCUT2D eigenvalue weighted by Crippen LogP contribution is -2.23. The molecule has 0 aliphatic carbocycles. The van der Waals surface area contributed by atoms with Crippen LogP contribution < -0.4 is 0 Å². The number of nitrogens with zero attached hydrogens (tertiary/aromatic N) is 2. The summed E-state index contributed by atoms with van der Waals surface area (Å²) in [5.74, 6) is -0.882. The number of hydrogen-bond acceptors (Lipinski definition) is 3. The van der Waals surface area contributed by atoms with E-state index in [9.17, 15) is 4.79 Å². The Balaban J connectivity index is 1.90. The van der Waals surface area contributed by atoms with Crippen LogP contribution >= 0.6 is 0 Å². The summed E-state index contributed by atoms with van der Waals surface area (Å²) in [6.45, 7) is 2.25. The fourth-order valence-electron chi connectivity index (χ4n) is 1.90. The van der Waals surface area contributed by atoms with Crippen molar-refractivity contribution >= 4 is 5.97 Å². The van der Waals surface area contributed by atoms with Gasteiger partial charge >= 0.3 is 5.97 Å². The minimum Gasteiger partial charge on any atom is -0.481 e. The number of carboxylic acids is 1. The highest BCUT2D eigenvalue weighted by Gasteiger charge is 2.27. The molecule has 0 spiro atoms. The normalized spacial score (nSPS) is 21.7. The molecule has 0 aromatic carbocycles. The van der Waals surface area contributed by atoms with Crippen molar-refractivity contribution in [3.63, 3.8) is 0 Å². The van der Waals surface area contributed by atoms with Crippen LogP contribution in [0.15, 0.2) is 24.4 Å². The van der Waals surface area contributed by atoms with Crippen LogP contribution in [-0.2, 0) is 11.3 Å². The number of aliphatic carboxylic acids is 1. The monoisotopic (exact) mass is 206 g/mol. The first kappa shape index (κ1) is 10.1. The van der Waals surface area contributed by atoms with Crippen LogP contribution in [0.2, 0.25) is 0 Å². The molecular formula is C11H14N2O2. The Morgan fingerprint density at radius 3 is 3.07 bits per heavy atom. The topological polar surface area (TPSA) is 53.4 Å². The third kappa shape index (κ3) is 2.53. The molecule has 1 aromatic heterocycles. The molecule has 2 rings (SSSR count). The van der Waals surface area contributed by atoms with Gasteiger partial charge in [0, 0.05) is 19.3 Å². The van der Waals surface area contributed by atoms with Gasteiger partial charge in [-0.2, -0.15) is 0 Å². The number of hydrogen-bond donors (Lipinski definition) is 1. The number of aromatic nitrogens is 1. The van der Waals surface area contributed by atoms with Gasteiger partial charge in [-0.3, -0.25) is 14.7 Å². The van der Waals surface area contributed by atoms with Crippen molar-refractivity contribution < 1.29 is 9.90 Å². The largest absolute Gasteiger partial charge is 0.481 e. The number of likely N-dealkylation sites (tertiary alicyclic amines) is 1. The van der Waals surface area contributed by atoms with Gasteiger partial charge in [-0.25, -0.2) is 0 Å². The molecule has 4 nitrogen and oxygen atoms in total. The van der Waals surface area contributed by atoms with Gasteiger partial charge in [0.15, 0.2) is 0 Å². The summed E-state index contributed by atoms with van der Waals surface area (Å²) in [6.07, 6.45) is 2.52. The molecule has 1 fully saturated rings. The SMILES string of the molecule is O=C(O)[C@@H]1CCN(Cc2ccccn2)C1. The molecule has 80 valence electrons. The molecule has 1 saturated heterocycles. The summed E-state index contributed by atoms with van der Waals surface area (Å²) in [6, 6.07) is 5.80. The molecule has 4 heteroatoms. The molecule has 1 aliphatic heterocycles. The van der Waals surface area contributed by atoms with Crippen LogP contribution in [0.5, 0.6) is 0 Å². The highest BCUT2D eigenvalue weighted by atomic mass is 16.4. The van der Waals surface area contributed by atoms with E-state index >= 15 is 0 Å². The van der Waals surface area contributed by atoms with Gasteiger partial charge < -0.3 is 5.11 Å². The summed E-state index contributed by atoms with van der Waals surface area (Å²) in [4.78, 5) is 17.1. The van der Waals surface area contributed by atoms with Crippen molar-refractivity contribution in [2.45, 2.75) is 13.0 Å². The predicted octanol–water partition coefficient (Wildman–Crippen LogP) is 0.988. The lowest BCUT2D eigenvalue weighted by molar-refractivity contribution is -0.141. The number of carbonyl (C=O) groups is 1. The van der Waals surface area contributed by atoms with Crippen LogP contribution in [0, 0.1) is 5.92 Å². The van der Waals surface area contributed by atoms with Gasteiger partial charge in [-0.05, 0) is 25.1 Å². The quantitative estimate of drug-likeness (QED) is 0.801. The lowest BCUT2D eigenvalue weighted by Gasteiger charge is -2.13. The zero-order valence-corrected chi connectivity index (χ0v) is 8.47. The van der Waals surface area contributed by atoms with E-state index < -0.39 is 5.97 Å². The molecule has 0 unspecified atom stereocenters. The van der Waals surface area contributed by atoms with Crippen molar-refractivity contribution in [2.24, 2.45) is 5.92 Å². The minimum absolute atomic E-state index is 0.200. The van der Waals surface area contributed by atoms with Crippen molar-refractivity contribution in [1.82, 2.24) is 9.88 Å². The zero-order chi connectivity index (χ0) is 10.7. The summed E-state index contributed by atoms with van der Waals surface area (Å²) in [7, 11) is 0. The first-order valence-electron chi connectivity index (χ1n) is 5.11. The fourth-order valence-corrected chi connectivity index (χ4v) is 1.90. The molecule has 0 radical (unpaired) electrons. The van der Waals surface area contributed by atoms with Gasteiger partial charge in [-0.1, -0.05) is 6.07 Å². The van der Waals surface area contributed by atoms with Crippen LogP contribution in [0.1, 0.15) is 12.1 Å². The Labute approximate surface area is 88.6 Å². The summed E-state index contributed by atoms with van der Waals surface area (Å²) < 4.78 is 0. The highest BCUT2D eigenvalue weighted by Crippen LogP contribution is 2.17. The van der Waals surface area contributed by atoms with Crippen LogP contribution in [0.3, 0.4) is 0 Å². The van der Waals surface area contributed by atoms with E-state index in [4.69, 9.17) is 5.11 Å². The molecule has 0 amide bonds. The van der Waals surface area contributed by atoms with Gasteiger partial charge in [-0.15, -0.1) is 0 Å². The molecule has 1 atom stereocenters. The Kier molecular flexibility index (Phi) is 2.97. The number of rotatable bonds is 3. The summed E-state index contributed by atoms with van der Waals surface area (Å²) >= 11 is 0. The van der Waals surface area contributed by atoms with Crippen LogP contribution in [-0.4, -0.2) is 34.0 Å². The lowest BCUT2D eigenvalue weighted by atomic mass is 10.1. The van der Waals surface area contributed by atoms with Crippen molar-refractivity contribution in [3.8, 4) is 0 Å². The highest BCUT2D eigenvalue weighted by molar-refractivity contribution is 5.70. The number of pyridine rings is 1. The van der Waals surface area contributed by atoms with E-state index in [0.717, 1.165) is 25.2 Å². The average molecular weight is 206 g/mol. The fraction of sp³-hybridized carbons (Fsp3) is 0.455. The molecule has 15 heavy (non-hydrogen) atoms. The molecule has 0 bridgehead atoms. The third-order valence-corrected chi connectivity index (χ3v) is 2.73. The Morgan fingerprint density at radius 1 is 1.60 bits per heavy atom. The van der Waals surface area contributed by atoms with E-state index in [0.29, 0.717) is 6.54 Å². The first-order valence-corrected chi connectivity index (χ1v) is 5.11. The van der Waals surface area contributed by atoms with E-state index in [1.165, 1.54) is 0 Å². The van der Waals surface area contributed by atoms with Crippen molar-refractivity contribution in [3.05, 3.63) is 30.1 Å². The van der Waals surface area contributed by atoms with E-state index in [2.05, 4.69) is 9.88 Å². The van der Waals surface area contributed by atoms with E-state index in [1.54, 1.807) is 6.20 Å². The first-order chi connectivity index (χ1) is 7.25. The Hall–Kier alpha value is -1.42. The molecule has 0 saturated carbocycles. The molecule has 2 heterocycles. The Morgan fingerprint density at radius 2 is 2.47 bits per heavy atom. The van der Waals surface area contributed by atoms with Crippen molar-refractivity contribution in [2.75, 3.05) is 13.1 Å². The van der Waals surface area contributed by atoms with E-state index in [1.807, 2.05) is 18.2 Å². The smallest absolute Gasteiger partial charge is 0.307 e. The second kappa shape index (κ2) is 4.40. The van der Waals surface area contributed by atoms with E-state index in [-0.39, 0.29) is 5.92 Å². The maximum absolute atomic E-state index is 10.8. The maximum atomic E-state index is 10.8. The average Bonchev–Trinajstić information content (AvgIpc) is 2.68. The summed E-state index contributed by atoms with van der Waals surface area (Å²) in [5, 5.41) is 8.85. The second-order valence-corrected chi connectivity index (χ2v) is 3.88. The maximum Gasteiger partial charge on any atom is 0.307 e. The molecular weight excluding hydrogens is 192 g/mol. The van der Waals surface area contributed by atoms with Gasteiger partial charge in [0.25, 0.3) is 0 Å². The Bertz CT molecular complexity index is 340. The van der Waals surface area contributed by atoms with Gasteiger partial charge in [0.1, 0.15) is 0 Å². The molecule has 1 N–H and O–H groups in total. The zero-order valence-electron chi connectivity index (χ0n) is 8.47. The summed E-state index contributed by atoms with van der Waals surface area (Å²) in [5.41, 5.74) is 1.00. The predicted molar refractivity (Wildman–Crippen MR) is 55.3 cm³/mol. The second-order valence-electron chi connectivity index (χ2n) is 3.88. The van der Waals surface area contributed by atoms with Crippen molar-refractivity contribution in [1.29, 1.82) is 0 Å². The standard InChI is InChI=1S/C11H14N2O2/c14-11(15)9-4-6-13(7-9)8-10-3-1-2-5-12-10/h1-3,5,9H,4,6-8H2,(H,14,15)/t9-/m1/s1. The molecule has 1 aromatic rings. The minimum atomic E-state index is -0.682. The van der Waals surface area contributed by atoms with Gasteiger partial charge in [0.05, 0.1) is 11.6 Å². The van der Waals surface area contributed by atoms with Crippen LogP contribution in [0.25, 0.3) is 0 Å². The molecule has 1 aliphatic rings.